The van der Waals surface area contributed by atoms with Crippen LogP contribution in [0, 0.1) is 13.8 Å². The summed E-state index contributed by atoms with van der Waals surface area (Å²) in [6, 6.07) is 22.0. The maximum absolute atomic E-state index is 14.0. The maximum atomic E-state index is 14.0. The highest BCUT2D eigenvalue weighted by Crippen LogP contribution is 2.29. The van der Waals surface area contributed by atoms with E-state index >= 15 is 0 Å². The summed E-state index contributed by atoms with van der Waals surface area (Å²) in [4.78, 5) is 28.8. The first-order chi connectivity index (χ1) is 18.1. The molecular weight excluding hydrogens is 498 g/mol. The second kappa shape index (κ2) is 12.7. The van der Waals surface area contributed by atoms with Crippen molar-refractivity contribution in [2.24, 2.45) is 0 Å². The maximum Gasteiger partial charge on any atom is 0.264 e. The van der Waals surface area contributed by atoms with E-state index in [1.165, 1.54) is 17.0 Å². The van der Waals surface area contributed by atoms with Gasteiger partial charge in [0.25, 0.3) is 10.0 Å². The first-order valence-corrected chi connectivity index (χ1v) is 14.3. The molecule has 0 spiro atoms. The van der Waals surface area contributed by atoms with Crippen molar-refractivity contribution in [2.75, 3.05) is 10.8 Å². The molecule has 0 aromatic heterocycles. The van der Waals surface area contributed by atoms with Crippen molar-refractivity contribution < 1.29 is 18.0 Å². The fraction of sp³-hybridized carbons (Fsp3) is 0.333. The second-order valence-corrected chi connectivity index (χ2v) is 11.5. The summed E-state index contributed by atoms with van der Waals surface area (Å²) < 4.78 is 29.0. The Morgan fingerprint density at radius 1 is 0.868 bits per heavy atom. The van der Waals surface area contributed by atoms with Gasteiger partial charge in [-0.3, -0.25) is 13.9 Å². The normalized spacial score (nSPS) is 12.2. The number of hydrogen-bond acceptors (Lipinski definition) is 4. The van der Waals surface area contributed by atoms with Gasteiger partial charge in [0.2, 0.25) is 11.8 Å². The fourth-order valence-electron chi connectivity index (χ4n) is 4.32. The highest BCUT2D eigenvalue weighted by molar-refractivity contribution is 7.92. The van der Waals surface area contributed by atoms with Gasteiger partial charge in [0.15, 0.2) is 0 Å². The zero-order valence-electron chi connectivity index (χ0n) is 22.7. The Hall–Kier alpha value is -3.65. The van der Waals surface area contributed by atoms with Gasteiger partial charge in [-0.05, 0) is 69.0 Å². The van der Waals surface area contributed by atoms with Crippen molar-refractivity contribution in [3.8, 4) is 0 Å². The zero-order valence-corrected chi connectivity index (χ0v) is 23.5. The van der Waals surface area contributed by atoms with Gasteiger partial charge in [0.1, 0.15) is 12.6 Å². The van der Waals surface area contributed by atoms with Crippen LogP contribution in [0.15, 0.2) is 83.8 Å². The van der Waals surface area contributed by atoms with Crippen LogP contribution in [0.3, 0.4) is 0 Å². The van der Waals surface area contributed by atoms with Crippen LogP contribution in [0.4, 0.5) is 5.69 Å². The van der Waals surface area contributed by atoms with Gasteiger partial charge >= 0.3 is 0 Å². The molecule has 0 aliphatic rings. The lowest BCUT2D eigenvalue weighted by atomic mass is 10.1. The number of benzene rings is 3. The summed E-state index contributed by atoms with van der Waals surface area (Å²) in [5, 5.41) is 2.91. The van der Waals surface area contributed by atoms with E-state index in [9.17, 15) is 18.0 Å². The molecule has 0 unspecified atom stereocenters. The van der Waals surface area contributed by atoms with Gasteiger partial charge in [-0.2, -0.15) is 0 Å². The van der Waals surface area contributed by atoms with E-state index in [1.54, 1.807) is 30.3 Å². The molecule has 3 aromatic rings. The predicted octanol–water partition coefficient (Wildman–Crippen LogP) is 4.83. The Morgan fingerprint density at radius 3 is 2.05 bits per heavy atom. The summed E-state index contributed by atoms with van der Waals surface area (Å²) in [5.41, 5.74) is 2.95. The Balaban J connectivity index is 2.08. The standard InChI is InChI=1S/C30H37N3O4S/c1-6-27(30(35)31-22(2)3)32(20-25-15-9-7-10-16-25)29(34)21-33(28-19-13-14-23(4)24(28)5)38(36,37)26-17-11-8-12-18-26/h7-19,22,27H,6,20-21H2,1-5H3,(H,31,35)/t27-/m1/s1. The van der Waals surface area contributed by atoms with Crippen LogP contribution < -0.4 is 9.62 Å². The van der Waals surface area contributed by atoms with E-state index in [2.05, 4.69) is 5.32 Å². The van der Waals surface area contributed by atoms with Gasteiger partial charge in [-0.15, -0.1) is 0 Å². The van der Waals surface area contributed by atoms with Crippen molar-refractivity contribution in [3.63, 3.8) is 0 Å². The van der Waals surface area contributed by atoms with Crippen LogP contribution in [-0.2, 0) is 26.2 Å². The number of carbonyl (C=O) groups is 2. The van der Waals surface area contributed by atoms with Crippen molar-refractivity contribution in [1.82, 2.24) is 10.2 Å². The van der Waals surface area contributed by atoms with Crippen LogP contribution in [0.1, 0.15) is 43.9 Å². The van der Waals surface area contributed by atoms with Gasteiger partial charge in [0.05, 0.1) is 10.6 Å². The van der Waals surface area contributed by atoms with Crippen LogP contribution in [0.2, 0.25) is 0 Å². The lowest BCUT2D eigenvalue weighted by Gasteiger charge is -2.34. The zero-order chi connectivity index (χ0) is 27.9. The minimum absolute atomic E-state index is 0.0907. The number of anilines is 1. The quantitative estimate of drug-likeness (QED) is 0.381. The van der Waals surface area contributed by atoms with Gasteiger partial charge in [-0.1, -0.05) is 67.6 Å². The van der Waals surface area contributed by atoms with E-state index in [0.29, 0.717) is 12.1 Å². The number of carbonyl (C=O) groups excluding carboxylic acids is 2. The molecule has 38 heavy (non-hydrogen) atoms. The van der Waals surface area contributed by atoms with E-state index in [-0.39, 0.29) is 23.4 Å². The number of nitrogens with one attached hydrogen (secondary N) is 1. The monoisotopic (exact) mass is 535 g/mol. The van der Waals surface area contributed by atoms with Crippen LogP contribution in [-0.4, -0.2) is 43.8 Å². The molecule has 1 atom stereocenters. The van der Waals surface area contributed by atoms with Crippen molar-refractivity contribution in [2.45, 2.75) is 64.6 Å². The first-order valence-electron chi connectivity index (χ1n) is 12.8. The Morgan fingerprint density at radius 2 is 1.47 bits per heavy atom. The second-order valence-electron chi connectivity index (χ2n) is 9.64. The third-order valence-corrected chi connectivity index (χ3v) is 8.24. The molecule has 0 saturated carbocycles. The highest BCUT2D eigenvalue weighted by atomic mass is 32.2. The molecule has 0 aliphatic heterocycles. The average molecular weight is 536 g/mol. The van der Waals surface area contributed by atoms with Gasteiger partial charge in [-0.25, -0.2) is 8.42 Å². The Labute approximate surface area is 226 Å². The number of sulfonamides is 1. The minimum atomic E-state index is -4.08. The van der Waals surface area contributed by atoms with Gasteiger partial charge < -0.3 is 10.2 Å². The van der Waals surface area contributed by atoms with Crippen LogP contribution in [0.25, 0.3) is 0 Å². The van der Waals surface area contributed by atoms with E-state index in [4.69, 9.17) is 0 Å². The molecule has 3 aromatic carbocycles. The molecule has 0 aliphatic carbocycles. The number of rotatable bonds is 11. The van der Waals surface area contributed by atoms with E-state index < -0.39 is 28.5 Å². The van der Waals surface area contributed by atoms with Crippen molar-refractivity contribution >= 4 is 27.5 Å². The van der Waals surface area contributed by atoms with E-state index in [0.717, 1.165) is 21.0 Å². The molecule has 0 fully saturated rings. The number of amides is 2. The molecule has 1 N–H and O–H groups in total. The van der Waals surface area contributed by atoms with E-state index in [1.807, 2.05) is 71.0 Å². The lowest BCUT2D eigenvalue weighted by Crippen LogP contribution is -2.53. The van der Waals surface area contributed by atoms with Crippen LogP contribution >= 0.6 is 0 Å². The highest BCUT2D eigenvalue weighted by Gasteiger charge is 2.34. The summed E-state index contributed by atoms with van der Waals surface area (Å²) in [6.45, 7) is 9.05. The third-order valence-electron chi connectivity index (χ3n) is 6.47. The molecule has 0 saturated heterocycles. The molecule has 7 nitrogen and oxygen atoms in total. The molecular formula is C30H37N3O4S. The number of nitrogens with zero attached hydrogens (tertiary/aromatic N) is 2. The Bertz CT molecular complexity index is 1340. The molecule has 8 heteroatoms. The first kappa shape index (κ1) is 28.9. The lowest BCUT2D eigenvalue weighted by molar-refractivity contribution is -0.140. The molecule has 3 rings (SSSR count). The van der Waals surface area contributed by atoms with Crippen molar-refractivity contribution in [3.05, 3.63) is 95.6 Å². The SMILES string of the molecule is CC[C@H](C(=O)NC(C)C)N(Cc1ccccc1)C(=O)CN(c1cccc(C)c1C)S(=O)(=O)c1ccccc1. The Kier molecular flexibility index (Phi) is 9.69. The summed E-state index contributed by atoms with van der Waals surface area (Å²) >= 11 is 0. The average Bonchev–Trinajstić information content (AvgIpc) is 2.89. The smallest absolute Gasteiger partial charge is 0.264 e. The summed E-state index contributed by atoms with van der Waals surface area (Å²) in [6.07, 6.45) is 0.381. The van der Waals surface area contributed by atoms with Gasteiger partial charge in [0, 0.05) is 12.6 Å². The molecule has 0 bridgehead atoms. The summed E-state index contributed by atoms with van der Waals surface area (Å²) in [7, 11) is -4.08. The number of hydrogen-bond donors (Lipinski definition) is 1. The predicted molar refractivity (Wildman–Crippen MR) is 151 cm³/mol. The number of aryl methyl sites for hydroxylation is 1. The minimum Gasteiger partial charge on any atom is -0.352 e. The molecule has 0 heterocycles. The molecule has 0 radical (unpaired) electrons. The molecule has 202 valence electrons. The third kappa shape index (κ3) is 6.81. The largest absolute Gasteiger partial charge is 0.352 e. The molecule has 2 amide bonds. The fourth-order valence-corrected chi connectivity index (χ4v) is 5.81. The van der Waals surface area contributed by atoms with Crippen molar-refractivity contribution in [1.29, 1.82) is 0 Å². The van der Waals surface area contributed by atoms with Crippen LogP contribution in [0.5, 0.6) is 0 Å². The topological polar surface area (TPSA) is 86.8 Å². The summed E-state index contributed by atoms with van der Waals surface area (Å²) in [5.74, 6) is -0.726.